The molecule has 0 aromatic carbocycles. The quantitative estimate of drug-likeness (QED) is 0.711. The summed E-state index contributed by atoms with van der Waals surface area (Å²) < 4.78 is 2.84. The molecule has 8 nitrogen and oxygen atoms in total. The van der Waals surface area contributed by atoms with Gasteiger partial charge in [-0.15, -0.1) is 5.10 Å². The third kappa shape index (κ3) is 2.25. The van der Waals surface area contributed by atoms with Gasteiger partial charge in [0.2, 0.25) is 0 Å². The lowest BCUT2D eigenvalue weighted by Gasteiger charge is -2.06. The number of H-pyrrole nitrogens is 1. The number of hydrogen-bond acceptors (Lipinski definition) is 5. The molecular formula is C9H12N6O2. The molecule has 0 aliphatic heterocycles. The summed E-state index contributed by atoms with van der Waals surface area (Å²) >= 11 is 0. The van der Waals surface area contributed by atoms with Gasteiger partial charge in [0.05, 0.1) is 11.9 Å². The van der Waals surface area contributed by atoms with Crippen molar-refractivity contribution in [2.24, 2.45) is 0 Å². The van der Waals surface area contributed by atoms with Crippen LogP contribution in [0.2, 0.25) is 0 Å². The third-order valence-electron chi connectivity index (χ3n) is 2.23. The van der Waals surface area contributed by atoms with Gasteiger partial charge in [-0.05, 0) is 6.92 Å². The molecule has 8 heteroatoms. The molecule has 2 aromatic heterocycles. The van der Waals surface area contributed by atoms with Crippen molar-refractivity contribution in [2.75, 3.05) is 12.4 Å². The maximum Gasteiger partial charge on any atom is 0.329 e. The molecule has 2 aromatic rings. The molecule has 2 rings (SSSR count). The number of hydrogen-bond donors (Lipinski definition) is 2. The first-order chi connectivity index (χ1) is 8.10. The van der Waals surface area contributed by atoms with E-state index in [9.17, 15) is 9.59 Å². The average molecular weight is 236 g/mol. The fraction of sp³-hybridized carbons (Fsp3) is 0.333. The molecule has 90 valence electrons. The zero-order chi connectivity index (χ0) is 12.4. The van der Waals surface area contributed by atoms with Gasteiger partial charge in [0.15, 0.2) is 0 Å². The Labute approximate surface area is 95.9 Å². The summed E-state index contributed by atoms with van der Waals surface area (Å²) in [6.07, 6.45) is 3.15. The SMILES string of the molecule is CNc1cn(Cn2cc(C)nn2)c(=O)[nH]c1=O. The second-order valence-electron chi connectivity index (χ2n) is 3.56. The molecule has 0 atom stereocenters. The predicted molar refractivity (Wildman–Crippen MR) is 61.0 cm³/mol. The molecular weight excluding hydrogens is 224 g/mol. The molecule has 0 saturated heterocycles. The van der Waals surface area contributed by atoms with Crippen LogP contribution in [0.1, 0.15) is 5.69 Å². The van der Waals surface area contributed by atoms with E-state index in [0.29, 0.717) is 5.69 Å². The van der Waals surface area contributed by atoms with E-state index in [-0.39, 0.29) is 6.67 Å². The zero-order valence-corrected chi connectivity index (χ0v) is 9.47. The average Bonchev–Trinajstić information content (AvgIpc) is 2.68. The highest BCUT2D eigenvalue weighted by molar-refractivity contribution is 5.36. The fourth-order valence-corrected chi connectivity index (χ4v) is 1.41. The van der Waals surface area contributed by atoms with Crippen LogP contribution in [0, 0.1) is 6.92 Å². The van der Waals surface area contributed by atoms with Crippen LogP contribution >= 0.6 is 0 Å². The van der Waals surface area contributed by atoms with Gasteiger partial charge in [0.25, 0.3) is 5.56 Å². The van der Waals surface area contributed by atoms with E-state index in [4.69, 9.17) is 0 Å². The van der Waals surface area contributed by atoms with Crippen LogP contribution in [0.3, 0.4) is 0 Å². The van der Waals surface area contributed by atoms with Gasteiger partial charge in [-0.1, -0.05) is 5.21 Å². The van der Waals surface area contributed by atoms with Crippen molar-refractivity contribution in [1.82, 2.24) is 24.5 Å². The molecule has 0 aliphatic rings. The largest absolute Gasteiger partial charge is 0.382 e. The molecule has 0 spiro atoms. The fourth-order valence-electron chi connectivity index (χ4n) is 1.41. The van der Waals surface area contributed by atoms with Crippen molar-refractivity contribution < 1.29 is 0 Å². The molecule has 2 heterocycles. The molecule has 0 fully saturated rings. The Morgan fingerprint density at radius 2 is 2.18 bits per heavy atom. The topological polar surface area (TPSA) is 97.6 Å². The highest BCUT2D eigenvalue weighted by atomic mass is 16.2. The smallest absolute Gasteiger partial charge is 0.329 e. The molecule has 0 unspecified atom stereocenters. The molecule has 0 aliphatic carbocycles. The Morgan fingerprint density at radius 3 is 2.76 bits per heavy atom. The van der Waals surface area contributed by atoms with Crippen molar-refractivity contribution in [1.29, 1.82) is 0 Å². The minimum Gasteiger partial charge on any atom is -0.382 e. The van der Waals surface area contributed by atoms with Crippen LogP contribution in [0.25, 0.3) is 0 Å². The Kier molecular flexibility index (Phi) is 2.77. The zero-order valence-electron chi connectivity index (χ0n) is 9.47. The lowest BCUT2D eigenvalue weighted by atomic mass is 10.5. The summed E-state index contributed by atoms with van der Waals surface area (Å²) in [6, 6.07) is 0. The van der Waals surface area contributed by atoms with Crippen LogP contribution < -0.4 is 16.6 Å². The number of aryl methyl sites for hydroxylation is 1. The molecule has 0 bridgehead atoms. The summed E-state index contributed by atoms with van der Waals surface area (Å²) in [4.78, 5) is 25.1. The van der Waals surface area contributed by atoms with Crippen LogP contribution in [-0.2, 0) is 6.67 Å². The van der Waals surface area contributed by atoms with E-state index in [1.165, 1.54) is 15.4 Å². The van der Waals surface area contributed by atoms with Crippen molar-refractivity contribution in [3.8, 4) is 0 Å². The Bertz CT molecular complexity index is 637. The molecule has 0 amide bonds. The lowest BCUT2D eigenvalue weighted by molar-refractivity contribution is 0.509. The Hall–Kier alpha value is -2.38. The summed E-state index contributed by atoms with van der Waals surface area (Å²) in [5.41, 5.74) is 0.156. The number of nitrogens with one attached hydrogen (secondary N) is 2. The van der Waals surface area contributed by atoms with E-state index >= 15 is 0 Å². The van der Waals surface area contributed by atoms with Crippen molar-refractivity contribution in [2.45, 2.75) is 13.6 Å². The summed E-state index contributed by atoms with van der Waals surface area (Å²) in [6.45, 7) is 2.00. The maximum atomic E-state index is 11.5. The number of aromatic amines is 1. The van der Waals surface area contributed by atoms with Crippen LogP contribution in [0.5, 0.6) is 0 Å². The van der Waals surface area contributed by atoms with Gasteiger partial charge in [-0.3, -0.25) is 14.3 Å². The van der Waals surface area contributed by atoms with Crippen molar-refractivity contribution in [3.05, 3.63) is 38.9 Å². The van der Waals surface area contributed by atoms with Gasteiger partial charge in [-0.25, -0.2) is 9.48 Å². The van der Waals surface area contributed by atoms with Crippen molar-refractivity contribution in [3.63, 3.8) is 0 Å². The predicted octanol–water partition coefficient (Wildman–Crippen LogP) is -1.02. The highest BCUT2D eigenvalue weighted by Crippen LogP contribution is 1.94. The molecule has 2 N–H and O–H groups in total. The van der Waals surface area contributed by atoms with Gasteiger partial charge in [0, 0.05) is 13.2 Å². The van der Waals surface area contributed by atoms with Gasteiger partial charge >= 0.3 is 5.69 Å². The maximum absolute atomic E-state index is 11.5. The lowest BCUT2D eigenvalue weighted by Crippen LogP contribution is -2.32. The Balaban J connectivity index is 2.39. The standard InChI is InChI=1S/C9H12N6O2/c1-6-3-15(13-12-6)5-14-4-7(10-2)8(16)11-9(14)17/h3-4,10H,5H2,1-2H3,(H,11,16,17). The van der Waals surface area contributed by atoms with Crippen LogP contribution in [0.4, 0.5) is 5.69 Å². The number of aromatic nitrogens is 5. The van der Waals surface area contributed by atoms with Crippen LogP contribution in [0.15, 0.2) is 22.0 Å². The highest BCUT2D eigenvalue weighted by Gasteiger charge is 2.04. The second kappa shape index (κ2) is 4.24. The van der Waals surface area contributed by atoms with Gasteiger partial charge in [-0.2, -0.15) is 0 Å². The number of rotatable bonds is 3. The van der Waals surface area contributed by atoms with E-state index in [0.717, 1.165) is 5.69 Å². The van der Waals surface area contributed by atoms with E-state index < -0.39 is 11.2 Å². The first-order valence-corrected chi connectivity index (χ1v) is 4.98. The van der Waals surface area contributed by atoms with E-state index in [2.05, 4.69) is 20.6 Å². The molecule has 0 saturated carbocycles. The second-order valence-corrected chi connectivity index (χ2v) is 3.56. The van der Waals surface area contributed by atoms with E-state index in [1.807, 2.05) is 0 Å². The van der Waals surface area contributed by atoms with Crippen molar-refractivity contribution >= 4 is 5.69 Å². The van der Waals surface area contributed by atoms with Gasteiger partial charge in [0.1, 0.15) is 12.4 Å². The van der Waals surface area contributed by atoms with Crippen LogP contribution in [-0.4, -0.2) is 31.6 Å². The summed E-state index contributed by atoms with van der Waals surface area (Å²) in [7, 11) is 1.61. The summed E-state index contributed by atoms with van der Waals surface area (Å²) in [5, 5.41) is 10.3. The minimum atomic E-state index is -0.484. The normalized spacial score (nSPS) is 10.5. The number of nitrogens with zero attached hydrogens (tertiary/aromatic N) is 4. The Morgan fingerprint density at radius 1 is 1.41 bits per heavy atom. The molecule has 0 radical (unpaired) electrons. The van der Waals surface area contributed by atoms with Gasteiger partial charge < -0.3 is 5.32 Å². The monoisotopic (exact) mass is 236 g/mol. The summed E-state index contributed by atoms with van der Waals surface area (Å²) in [5.74, 6) is 0. The number of anilines is 1. The first kappa shape index (κ1) is 11.1. The third-order valence-corrected chi connectivity index (χ3v) is 2.23. The minimum absolute atomic E-state index is 0.200. The first-order valence-electron chi connectivity index (χ1n) is 4.98. The molecule has 17 heavy (non-hydrogen) atoms. The van der Waals surface area contributed by atoms with E-state index in [1.54, 1.807) is 20.2 Å².